The number of hydrogen-bond acceptors (Lipinski definition) is 1. The fraction of sp³-hybridized carbons (Fsp3) is 0.333. The molecule has 0 unspecified atom stereocenters. The van der Waals surface area contributed by atoms with Gasteiger partial charge < -0.3 is 0 Å². The lowest BCUT2D eigenvalue weighted by Gasteiger charge is -2.19. The molecule has 2 atom stereocenters. The largest absolute Gasteiger partial charge is 0.161 e. The van der Waals surface area contributed by atoms with Crippen molar-refractivity contribution in [1.29, 1.82) is 0 Å². The van der Waals surface area contributed by atoms with Gasteiger partial charge in [-0.05, 0) is 47.3 Å². The van der Waals surface area contributed by atoms with Crippen molar-refractivity contribution in [3.05, 3.63) is 71.8 Å². The second-order valence-electron chi connectivity index (χ2n) is 5.44. The third-order valence-electron chi connectivity index (χ3n) is 4.01. The molecule has 0 aliphatic carbocycles. The fourth-order valence-electron chi connectivity index (χ4n) is 2.93. The molecule has 0 bridgehead atoms. The van der Waals surface area contributed by atoms with E-state index in [0.29, 0.717) is 0 Å². The number of thioether (sulfide) groups is 1. The number of rotatable bonds is 4. The Morgan fingerprint density at radius 1 is 0.684 bits per heavy atom. The zero-order chi connectivity index (χ0) is 12.9. The Bertz CT molecular complexity index is 444. The van der Waals surface area contributed by atoms with E-state index in [4.69, 9.17) is 0 Å². The Morgan fingerprint density at radius 2 is 1.11 bits per heavy atom. The average Bonchev–Trinajstić information content (AvgIpc) is 2.88. The first-order valence-electron chi connectivity index (χ1n) is 7.07. The van der Waals surface area contributed by atoms with Gasteiger partial charge in [0.05, 0.1) is 0 Å². The van der Waals surface area contributed by atoms with Crippen LogP contribution in [0, 0.1) is 11.8 Å². The van der Waals surface area contributed by atoms with Gasteiger partial charge in [-0.1, -0.05) is 60.7 Å². The summed E-state index contributed by atoms with van der Waals surface area (Å²) in [7, 11) is 0. The highest BCUT2D eigenvalue weighted by Crippen LogP contribution is 2.34. The van der Waals surface area contributed by atoms with E-state index in [1.54, 1.807) is 0 Å². The van der Waals surface area contributed by atoms with Crippen molar-refractivity contribution in [2.24, 2.45) is 11.8 Å². The molecule has 1 aliphatic rings. The number of hydrogen-bond donors (Lipinski definition) is 0. The lowest BCUT2D eigenvalue weighted by molar-refractivity contribution is 0.415. The van der Waals surface area contributed by atoms with Gasteiger partial charge in [0.2, 0.25) is 0 Å². The minimum atomic E-state index is 0.840. The molecule has 0 nitrogen and oxygen atoms in total. The standard InChI is InChI=1S/C18H20S/c1-3-7-15(8-4-1)11-17-13-19-14-18(17)12-16-9-5-2-6-10-16/h1-10,17-18H,11-14H2/t17-,18-/m0/s1. The summed E-state index contributed by atoms with van der Waals surface area (Å²) in [5.41, 5.74) is 2.99. The molecule has 1 fully saturated rings. The zero-order valence-electron chi connectivity index (χ0n) is 11.2. The summed E-state index contributed by atoms with van der Waals surface area (Å²) in [6.07, 6.45) is 2.48. The lowest BCUT2D eigenvalue weighted by atomic mass is 9.85. The molecule has 2 aromatic rings. The first-order chi connectivity index (χ1) is 9.42. The summed E-state index contributed by atoms with van der Waals surface area (Å²) in [5, 5.41) is 0. The Morgan fingerprint density at radius 3 is 1.53 bits per heavy atom. The molecule has 0 aromatic heterocycles. The van der Waals surface area contributed by atoms with E-state index in [1.165, 1.54) is 35.5 Å². The van der Waals surface area contributed by atoms with Crippen molar-refractivity contribution in [2.75, 3.05) is 11.5 Å². The smallest absolute Gasteiger partial charge is 0.00328 e. The first kappa shape index (κ1) is 12.8. The molecule has 0 N–H and O–H groups in total. The van der Waals surface area contributed by atoms with Gasteiger partial charge in [0.15, 0.2) is 0 Å². The summed E-state index contributed by atoms with van der Waals surface area (Å²) in [4.78, 5) is 0. The van der Waals surface area contributed by atoms with Gasteiger partial charge in [0.25, 0.3) is 0 Å². The topological polar surface area (TPSA) is 0 Å². The van der Waals surface area contributed by atoms with Crippen molar-refractivity contribution >= 4 is 11.8 Å². The molecule has 1 heteroatoms. The quantitative estimate of drug-likeness (QED) is 0.789. The molecule has 3 rings (SSSR count). The van der Waals surface area contributed by atoms with Crippen molar-refractivity contribution in [2.45, 2.75) is 12.8 Å². The molecule has 0 spiro atoms. The van der Waals surface area contributed by atoms with E-state index in [0.717, 1.165) is 11.8 Å². The molecule has 0 amide bonds. The van der Waals surface area contributed by atoms with Crippen LogP contribution in [0.15, 0.2) is 60.7 Å². The van der Waals surface area contributed by atoms with Crippen LogP contribution < -0.4 is 0 Å². The highest BCUT2D eigenvalue weighted by Gasteiger charge is 2.27. The van der Waals surface area contributed by atoms with Crippen molar-refractivity contribution in [3.8, 4) is 0 Å². The third kappa shape index (κ3) is 3.42. The van der Waals surface area contributed by atoms with E-state index >= 15 is 0 Å². The van der Waals surface area contributed by atoms with Crippen molar-refractivity contribution in [1.82, 2.24) is 0 Å². The summed E-state index contributed by atoms with van der Waals surface area (Å²) in [6, 6.07) is 21.9. The summed E-state index contributed by atoms with van der Waals surface area (Å²) >= 11 is 2.13. The van der Waals surface area contributed by atoms with Crippen LogP contribution in [0.25, 0.3) is 0 Å². The van der Waals surface area contributed by atoms with Gasteiger partial charge in [-0.3, -0.25) is 0 Å². The second-order valence-corrected chi connectivity index (χ2v) is 6.51. The van der Waals surface area contributed by atoms with E-state index in [-0.39, 0.29) is 0 Å². The van der Waals surface area contributed by atoms with E-state index in [9.17, 15) is 0 Å². The Labute approximate surface area is 120 Å². The van der Waals surface area contributed by atoms with Gasteiger partial charge in [-0.25, -0.2) is 0 Å². The van der Waals surface area contributed by atoms with E-state index in [2.05, 4.69) is 72.4 Å². The molecule has 98 valence electrons. The molecule has 1 saturated heterocycles. The monoisotopic (exact) mass is 268 g/mol. The molecular formula is C18H20S. The molecule has 2 aromatic carbocycles. The predicted octanol–water partition coefficient (Wildman–Crippen LogP) is 4.45. The van der Waals surface area contributed by atoms with Crippen LogP contribution in [-0.4, -0.2) is 11.5 Å². The molecular weight excluding hydrogens is 248 g/mol. The molecule has 19 heavy (non-hydrogen) atoms. The van der Waals surface area contributed by atoms with Gasteiger partial charge in [0.1, 0.15) is 0 Å². The maximum atomic E-state index is 2.27. The molecule has 1 heterocycles. The van der Waals surface area contributed by atoms with Crippen LogP contribution in [0.1, 0.15) is 11.1 Å². The molecule has 0 radical (unpaired) electrons. The normalized spacial score (nSPS) is 22.5. The van der Waals surface area contributed by atoms with Crippen LogP contribution in [0.5, 0.6) is 0 Å². The Hall–Kier alpha value is -1.21. The highest BCUT2D eigenvalue weighted by molar-refractivity contribution is 7.99. The van der Waals surface area contributed by atoms with Gasteiger partial charge in [0, 0.05) is 0 Å². The minimum absolute atomic E-state index is 0.840. The first-order valence-corrected chi connectivity index (χ1v) is 8.23. The van der Waals surface area contributed by atoms with Gasteiger partial charge in [-0.2, -0.15) is 11.8 Å². The fourth-order valence-corrected chi connectivity index (χ4v) is 4.45. The predicted molar refractivity (Wildman–Crippen MR) is 84.6 cm³/mol. The van der Waals surface area contributed by atoms with Gasteiger partial charge in [-0.15, -0.1) is 0 Å². The highest BCUT2D eigenvalue weighted by atomic mass is 32.2. The van der Waals surface area contributed by atoms with E-state index < -0.39 is 0 Å². The SMILES string of the molecule is c1ccc(C[C@H]2CSC[C@@H]2Cc2ccccc2)cc1. The summed E-state index contributed by atoms with van der Waals surface area (Å²) in [6.45, 7) is 0. The second kappa shape index (κ2) is 6.29. The summed E-state index contributed by atoms with van der Waals surface area (Å²) < 4.78 is 0. The maximum Gasteiger partial charge on any atom is -0.00328 e. The number of benzene rings is 2. The van der Waals surface area contributed by atoms with Crippen molar-refractivity contribution < 1.29 is 0 Å². The lowest BCUT2D eigenvalue weighted by Crippen LogP contribution is -2.17. The molecule has 0 saturated carbocycles. The summed E-state index contributed by atoms with van der Waals surface area (Å²) in [5.74, 6) is 4.33. The van der Waals surface area contributed by atoms with Crippen LogP contribution in [-0.2, 0) is 12.8 Å². The van der Waals surface area contributed by atoms with Crippen LogP contribution in [0.2, 0.25) is 0 Å². The van der Waals surface area contributed by atoms with Crippen LogP contribution in [0.4, 0.5) is 0 Å². The zero-order valence-corrected chi connectivity index (χ0v) is 12.0. The van der Waals surface area contributed by atoms with Gasteiger partial charge >= 0.3 is 0 Å². The Balaban J connectivity index is 1.65. The molecule has 1 aliphatic heterocycles. The van der Waals surface area contributed by atoms with Crippen LogP contribution >= 0.6 is 11.8 Å². The van der Waals surface area contributed by atoms with Crippen LogP contribution in [0.3, 0.4) is 0 Å². The minimum Gasteiger partial charge on any atom is -0.161 e. The third-order valence-corrected chi connectivity index (χ3v) is 5.34. The van der Waals surface area contributed by atoms with Crippen molar-refractivity contribution in [3.63, 3.8) is 0 Å². The average molecular weight is 268 g/mol. The van der Waals surface area contributed by atoms with E-state index in [1.807, 2.05) is 0 Å². The Kier molecular flexibility index (Phi) is 4.24. The maximum absolute atomic E-state index is 2.27.